The number of halogens is 6. The highest BCUT2D eigenvalue weighted by Crippen LogP contribution is 2.16. The zero-order chi connectivity index (χ0) is 65.1. The predicted molar refractivity (Wildman–Crippen MR) is 380 cm³/mol. The molecule has 0 aromatic heterocycles. The molecule has 0 unspecified atom stereocenters. The van der Waals surface area contributed by atoms with E-state index < -0.39 is 31.8 Å². The molecule has 5 rings (SSSR count). The summed E-state index contributed by atoms with van der Waals surface area (Å²) >= 11 is 7.24. The molecule has 0 spiro atoms. The van der Waals surface area contributed by atoms with E-state index in [0.717, 1.165) is 89.9 Å². The summed E-state index contributed by atoms with van der Waals surface area (Å²) in [4.78, 5) is 3.08. The molecule has 86 heavy (non-hydrogen) atoms. The molecule has 0 saturated carbocycles. The summed E-state index contributed by atoms with van der Waals surface area (Å²) in [5.41, 5.74) is 28.7. The van der Waals surface area contributed by atoms with Crippen molar-refractivity contribution < 1.29 is 17.7 Å². The monoisotopic (exact) mass is 1360 g/mol. The molecule has 468 valence electrons. The molecule has 0 aliphatic rings. The first-order valence-electron chi connectivity index (χ1n) is 28.7. The molecule has 5 N–H and O–H groups in total. The van der Waals surface area contributed by atoms with Crippen molar-refractivity contribution in [3.63, 3.8) is 0 Å². The van der Waals surface area contributed by atoms with Gasteiger partial charge in [-0.2, -0.15) is 0 Å². The van der Waals surface area contributed by atoms with Crippen LogP contribution in [0.15, 0.2) is 142 Å². The van der Waals surface area contributed by atoms with Gasteiger partial charge in [-0.3, -0.25) is 23.0 Å². The van der Waals surface area contributed by atoms with Gasteiger partial charge in [-0.1, -0.05) is 128 Å². The summed E-state index contributed by atoms with van der Waals surface area (Å²) in [6, 6.07) is 38.1. The minimum atomic E-state index is -3.67. The number of hydrogen-bond acceptors (Lipinski definition) is 8. The zero-order valence-electron chi connectivity index (χ0n) is 54.0. The molecule has 0 saturated heterocycles. The Bertz CT molecular complexity index is 2810. The first kappa shape index (κ1) is 86.0. The minimum absolute atomic E-state index is 0. The van der Waals surface area contributed by atoms with E-state index in [1.54, 1.807) is 12.1 Å². The largest absolute Gasteiger partial charge is 1.00 e. The third kappa shape index (κ3) is 56.7. The van der Waals surface area contributed by atoms with Crippen LogP contribution in [0.5, 0.6) is 0 Å². The standard InChI is InChI=1S/C16H25N3Si.C13H17N3.C11H13N2Si.C11H15NSi.C6H6IN.C6H15N.C2H5Cl.BF3.FH/c1-6-13-19(7-2)18-17-16-10-8-15(9-11-16)12-14-20(3,4)5;1-4-11-16(6-3)15-14-13-9-7-12(5-2)8-10-13;1-14(2,3)9-8-10-4-6-11(13-12)7-5-10;1-13(2,3)9-8-10-4-6-11(12)7-5-10;7-5-1-3-6(8)4-2-5;1-3-5-7-6-4-2;1-2-3;2-1(3)4;/h8-11H,6-7,13H2,1-5H3;2,7-10H,4,6,11H2,1,3H3;4-7H,1-3H3;4-7H,12H2,1-3H3;1-4H,8H2;7H,3-6H2,1-2H3;2H2,1H3;;1H/q;;+1;;;;;;/p-1. The maximum Gasteiger partial charge on any atom is 0.762 e. The molecule has 0 aliphatic heterocycles. The van der Waals surface area contributed by atoms with Crippen LogP contribution in [0.3, 0.4) is 0 Å². The number of rotatable bonds is 14. The van der Waals surface area contributed by atoms with Crippen molar-refractivity contribution in [1.29, 1.82) is 5.39 Å². The van der Waals surface area contributed by atoms with Crippen molar-refractivity contribution in [3.05, 3.63) is 152 Å². The molecule has 5 aromatic rings. The normalized spacial score (nSPS) is 9.85. The van der Waals surface area contributed by atoms with Crippen molar-refractivity contribution in [3.8, 4) is 46.7 Å². The molecule has 0 aliphatic carbocycles. The van der Waals surface area contributed by atoms with E-state index >= 15 is 0 Å². The number of benzene rings is 5. The van der Waals surface area contributed by atoms with Crippen molar-refractivity contribution in [2.24, 2.45) is 20.7 Å². The van der Waals surface area contributed by atoms with E-state index in [1.807, 2.05) is 126 Å². The van der Waals surface area contributed by atoms with Gasteiger partial charge in [0.15, 0.2) is 4.98 Å². The fourth-order valence-corrected chi connectivity index (χ4v) is 7.33. The van der Waals surface area contributed by atoms with E-state index in [0.29, 0.717) is 5.69 Å². The fourth-order valence-electron chi connectivity index (χ4n) is 5.41. The Labute approximate surface area is 538 Å². The van der Waals surface area contributed by atoms with Gasteiger partial charge >= 0.3 is 13.2 Å². The second-order valence-corrected chi connectivity index (χ2v) is 37.3. The molecule has 21 heteroatoms. The minimum Gasteiger partial charge on any atom is -1.00 e. The second-order valence-electron chi connectivity index (χ2n) is 21.3. The van der Waals surface area contributed by atoms with Gasteiger partial charge in [-0.15, -0.1) is 44.9 Å². The van der Waals surface area contributed by atoms with Gasteiger partial charge in [-0.05, 0) is 184 Å². The number of nitrogens with zero attached hydrogens (tertiary/aromatic N) is 8. The molecular formula is C65H96BClF4IN11Si3. The second kappa shape index (κ2) is 52.9. The quantitative estimate of drug-likeness (QED) is 0.00963. The van der Waals surface area contributed by atoms with Crippen molar-refractivity contribution >= 4 is 94.4 Å². The highest BCUT2D eigenvalue weighted by Gasteiger charge is 2.10. The van der Waals surface area contributed by atoms with Crippen LogP contribution >= 0.6 is 34.2 Å². The van der Waals surface area contributed by atoms with E-state index in [1.165, 1.54) is 29.5 Å². The van der Waals surface area contributed by atoms with Gasteiger partial charge in [0.05, 0.1) is 11.4 Å². The lowest BCUT2D eigenvalue weighted by Crippen LogP contribution is -3.00. The van der Waals surface area contributed by atoms with Crippen LogP contribution in [0.25, 0.3) is 4.98 Å². The molecule has 0 heterocycles. The molecule has 0 bridgehead atoms. The van der Waals surface area contributed by atoms with E-state index in [2.05, 4.69) is 194 Å². The zero-order valence-corrected chi connectivity index (χ0v) is 59.9. The van der Waals surface area contributed by atoms with Crippen LogP contribution in [0.2, 0.25) is 58.9 Å². The smallest absolute Gasteiger partial charge is 0.762 e. The number of diazo groups is 1. The number of alkyl halides is 1. The predicted octanol–water partition coefficient (Wildman–Crippen LogP) is 16.3. The van der Waals surface area contributed by atoms with Gasteiger partial charge in [0, 0.05) is 81.4 Å². The maximum absolute atomic E-state index is 9.67. The SMILES string of the molecule is C#Cc1ccc(N=NN(CC)CCC)cc1.CCCN(CC)N=Nc1ccc(C#C[Si](C)(C)C)cc1.CCCNCCC.CCCl.C[Si](C)(C)C#Cc1ccc(N)cc1.C[Si](C)(C)C#Cc1ccc([N+]#N)cc1.FB(F)F.Nc1ccc(I)cc1.[F-]. The first-order chi connectivity index (χ1) is 40.1. The van der Waals surface area contributed by atoms with Crippen LogP contribution in [0, 0.1) is 55.7 Å². The highest BCUT2D eigenvalue weighted by molar-refractivity contribution is 14.1. The third-order valence-corrected chi connectivity index (χ3v) is 12.9. The van der Waals surface area contributed by atoms with Gasteiger partial charge in [-0.25, -0.2) is 0 Å². The van der Waals surface area contributed by atoms with Gasteiger partial charge in [0.2, 0.25) is 5.39 Å². The molecule has 5 aromatic carbocycles. The lowest BCUT2D eigenvalue weighted by atomic mass is 10.2. The summed E-state index contributed by atoms with van der Waals surface area (Å²) in [6.45, 7) is 40.7. The first-order valence-corrected chi connectivity index (χ1v) is 40.8. The highest BCUT2D eigenvalue weighted by atomic mass is 127. The van der Waals surface area contributed by atoms with E-state index in [-0.39, 0.29) is 4.70 Å². The van der Waals surface area contributed by atoms with Crippen LogP contribution in [-0.4, -0.2) is 86.9 Å². The molecular weight excluding hydrogens is 1270 g/mol. The van der Waals surface area contributed by atoms with Crippen LogP contribution in [-0.2, 0) is 0 Å². The van der Waals surface area contributed by atoms with Gasteiger partial charge < -0.3 is 21.5 Å². The Kier molecular flexibility index (Phi) is 52.9. The Morgan fingerprint density at radius 1 is 0.547 bits per heavy atom. The van der Waals surface area contributed by atoms with Gasteiger partial charge in [0.1, 0.15) is 24.2 Å². The number of hydrogen-bond donors (Lipinski definition) is 3. The Morgan fingerprint density at radius 3 is 1.09 bits per heavy atom. The number of anilines is 2. The summed E-state index contributed by atoms with van der Waals surface area (Å²) in [7, 11) is -7.52. The lowest BCUT2D eigenvalue weighted by molar-refractivity contribution is -0.0000215. The number of nitrogens with two attached hydrogens (primary N) is 2. The molecule has 11 nitrogen and oxygen atoms in total. The third-order valence-electron chi connectivity index (χ3n) is 9.53. The summed E-state index contributed by atoms with van der Waals surface area (Å²) in [5.74, 6) is 12.8. The molecule has 0 amide bonds. The van der Waals surface area contributed by atoms with E-state index in [4.69, 9.17) is 34.9 Å². The topological polar surface area (TPSA) is 148 Å². The van der Waals surface area contributed by atoms with Crippen molar-refractivity contribution in [2.75, 3.05) is 56.6 Å². The average Bonchev–Trinajstić information content (AvgIpc) is 3.51. The van der Waals surface area contributed by atoms with Gasteiger partial charge in [0.25, 0.3) is 0 Å². The average molecular weight is 1360 g/mol. The maximum atomic E-state index is 9.67. The van der Waals surface area contributed by atoms with E-state index in [9.17, 15) is 12.9 Å². The Morgan fingerprint density at radius 2 is 0.837 bits per heavy atom. The number of nitrogens with one attached hydrogen (secondary N) is 1. The molecule has 0 radical (unpaired) electrons. The van der Waals surface area contributed by atoms with Crippen molar-refractivity contribution in [2.45, 2.75) is 133 Å². The summed E-state index contributed by atoms with van der Waals surface area (Å²) in [5, 5.41) is 32.5. The van der Waals surface area contributed by atoms with Crippen molar-refractivity contribution in [1.82, 2.24) is 15.3 Å². The summed E-state index contributed by atoms with van der Waals surface area (Å²) in [6.07, 6.45) is 9.92. The Hall–Kier alpha value is -6.42. The molecule has 0 fully saturated rings. The number of nitrogen functional groups attached to an aromatic ring is 2. The fraction of sp³-hybridized carbons (Fsp3) is 0.415. The van der Waals surface area contributed by atoms with Crippen LogP contribution in [0.1, 0.15) is 96.4 Å². The Balaban J connectivity index is -0.000000469. The number of terminal acetylenes is 1. The summed E-state index contributed by atoms with van der Waals surface area (Å²) < 4.78 is 30.2. The lowest BCUT2D eigenvalue weighted by Gasteiger charge is -2.13. The molecule has 0 atom stereocenters. The van der Waals surface area contributed by atoms with Crippen LogP contribution in [0.4, 0.5) is 41.4 Å². The van der Waals surface area contributed by atoms with Crippen LogP contribution < -0.4 is 21.5 Å².